The second kappa shape index (κ2) is 6.23. The van der Waals surface area contributed by atoms with Crippen LogP contribution < -0.4 is 10.1 Å². The SMILES string of the molecule is COc1ccc(Cl)cc1CNC(C)c1ccsc1. The molecule has 1 atom stereocenters. The van der Waals surface area contributed by atoms with Gasteiger partial charge in [0.05, 0.1) is 7.11 Å². The predicted molar refractivity (Wildman–Crippen MR) is 77.6 cm³/mol. The monoisotopic (exact) mass is 281 g/mol. The van der Waals surface area contributed by atoms with Crippen molar-refractivity contribution in [1.82, 2.24) is 5.32 Å². The van der Waals surface area contributed by atoms with E-state index in [4.69, 9.17) is 16.3 Å². The van der Waals surface area contributed by atoms with Crippen molar-refractivity contribution in [3.63, 3.8) is 0 Å². The quantitative estimate of drug-likeness (QED) is 0.884. The van der Waals surface area contributed by atoms with Crippen molar-refractivity contribution in [2.75, 3.05) is 7.11 Å². The van der Waals surface area contributed by atoms with Gasteiger partial charge in [0.2, 0.25) is 0 Å². The number of benzene rings is 1. The molecule has 0 aliphatic heterocycles. The number of methoxy groups -OCH3 is 1. The van der Waals surface area contributed by atoms with E-state index in [1.165, 1.54) is 5.56 Å². The average molecular weight is 282 g/mol. The normalized spacial score (nSPS) is 12.4. The fourth-order valence-corrected chi connectivity index (χ4v) is 2.74. The lowest BCUT2D eigenvalue weighted by Crippen LogP contribution is -2.18. The highest BCUT2D eigenvalue weighted by molar-refractivity contribution is 7.07. The van der Waals surface area contributed by atoms with E-state index in [-0.39, 0.29) is 0 Å². The van der Waals surface area contributed by atoms with E-state index in [0.29, 0.717) is 6.04 Å². The zero-order valence-electron chi connectivity index (χ0n) is 10.4. The number of nitrogens with one attached hydrogen (secondary N) is 1. The molecule has 18 heavy (non-hydrogen) atoms. The summed E-state index contributed by atoms with van der Waals surface area (Å²) in [6.07, 6.45) is 0. The molecule has 1 aromatic carbocycles. The van der Waals surface area contributed by atoms with Crippen LogP contribution in [0.4, 0.5) is 0 Å². The molecule has 0 aliphatic carbocycles. The molecule has 1 unspecified atom stereocenters. The molecule has 0 amide bonds. The molecule has 0 fully saturated rings. The first kappa shape index (κ1) is 13.4. The molecule has 0 radical (unpaired) electrons. The van der Waals surface area contributed by atoms with E-state index < -0.39 is 0 Å². The van der Waals surface area contributed by atoms with Gasteiger partial charge in [-0.15, -0.1) is 0 Å². The maximum atomic E-state index is 6.01. The molecule has 2 rings (SSSR count). The number of thiophene rings is 1. The highest BCUT2D eigenvalue weighted by Crippen LogP contribution is 2.23. The van der Waals surface area contributed by atoms with Gasteiger partial charge in [0.15, 0.2) is 0 Å². The molecule has 2 nitrogen and oxygen atoms in total. The number of rotatable bonds is 5. The topological polar surface area (TPSA) is 21.3 Å². The standard InChI is InChI=1S/C14H16ClNOS/c1-10(11-5-6-18-9-11)16-8-12-7-13(15)3-4-14(12)17-2/h3-7,9-10,16H,8H2,1-2H3. The largest absolute Gasteiger partial charge is 0.496 e. The molecule has 0 saturated carbocycles. The fourth-order valence-electron chi connectivity index (χ4n) is 1.79. The van der Waals surface area contributed by atoms with Crippen LogP contribution in [-0.4, -0.2) is 7.11 Å². The first-order valence-corrected chi connectivity index (χ1v) is 7.10. The summed E-state index contributed by atoms with van der Waals surface area (Å²) in [5.41, 5.74) is 2.38. The Kier molecular flexibility index (Phi) is 4.64. The van der Waals surface area contributed by atoms with Crippen molar-refractivity contribution in [2.45, 2.75) is 19.5 Å². The summed E-state index contributed by atoms with van der Waals surface area (Å²) < 4.78 is 5.33. The van der Waals surface area contributed by atoms with Gasteiger partial charge in [-0.05, 0) is 47.5 Å². The zero-order chi connectivity index (χ0) is 13.0. The van der Waals surface area contributed by atoms with Crippen LogP contribution in [0, 0.1) is 0 Å². The van der Waals surface area contributed by atoms with Gasteiger partial charge in [-0.3, -0.25) is 0 Å². The molecule has 1 aromatic heterocycles. The number of hydrogen-bond acceptors (Lipinski definition) is 3. The maximum Gasteiger partial charge on any atom is 0.123 e. The zero-order valence-corrected chi connectivity index (χ0v) is 12.0. The van der Waals surface area contributed by atoms with Gasteiger partial charge in [0, 0.05) is 23.2 Å². The van der Waals surface area contributed by atoms with E-state index in [2.05, 4.69) is 29.1 Å². The van der Waals surface area contributed by atoms with Crippen LogP contribution >= 0.6 is 22.9 Å². The minimum Gasteiger partial charge on any atom is -0.496 e. The van der Waals surface area contributed by atoms with Crippen LogP contribution in [0.5, 0.6) is 5.75 Å². The van der Waals surface area contributed by atoms with E-state index >= 15 is 0 Å². The maximum absolute atomic E-state index is 6.01. The summed E-state index contributed by atoms with van der Waals surface area (Å²) >= 11 is 7.72. The fraction of sp³-hybridized carbons (Fsp3) is 0.286. The predicted octanol–water partition coefficient (Wildman–Crippen LogP) is 4.26. The van der Waals surface area contributed by atoms with E-state index in [1.54, 1.807) is 18.4 Å². The van der Waals surface area contributed by atoms with Gasteiger partial charge < -0.3 is 10.1 Å². The van der Waals surface area contributed by atoms with Gasteiger partial charge >= 0.3 is 0 Å². The molecule has 0 bridgehead atoms. The van der Waals surface area contributed by atoms with E-state index in [1.807, 2.05) is 18.2 Å². The van der Waals surface area contributed by atoms with E-state index in [9.17, 15) is 0 Å². The van der Waals surface area contributed by atoms with Crippen LogP contribution in [0.1, 0.15) is 24.1 Å². The average Bonchev–Trinajstić information content (AvgIpc) is 2.90. The molecule has 0 saturated heterocycles. The molecular weight excluding hydrogens is 266 g/mol. The Morgan fingerprint density at radius 2 is 2.22 bits per heavy atom. The Bertz CT molecular complexity index is 499. The Hall–Kier alpha value is -1.03. The molecule has 0 aliphatic rings. The minimum absolute atomic E-state index is 0.319. The second-order valence-corrected chi connectivity index (χ2v) is 5.33. The molecule has 0 spiro atoms. The van der Waals surface area contributed by atoms with Crippen molar-refractivity contribution in [2.24, 2.45) is 0 Å². The van der Waals surface area contributed by atoms with Crippen LogP contribution in [0.2, 0.25) is 5.02 Å². The highest BCUT2D eigenvalue weighted by atomic mass is 35.5. The molecular formula is C14H16ClNOS. The first-order valence-electron chi connectivity index (χ1n) is 5.78. The minimum atomic E-state index is 0.319. The van der Waals surface area contributed by atoms with Crippen molar-refractivity contribution in [3.05, 3.63) is 51.2 Å². The second-order valence-electron chi connectivity index (χ2n) is 4.12. The molecule has 1 heterocycles. The van der Waals surface area contributed by atoms with Gasteiger partial charge in [-0.1, -0.05) is 11.6 Å². The smallest absolute Gasteiger partial charge is 0.123 e. The molecule has 4 heteroatoms. The van der Waals surface area contributed by atoms with Gasteiger partial charge in [0.1, 0.15) is 5.75 Å². The first-order chi connectivity index (χ1) is 8.70. The summed E-state index contributed by atoms with van der Waals surface area (Å²) in [4.78, 5) is 0. The summed E-state index contributed by atoms with van der Waals surface area (Å²) in [7, 11) is 1.68. The van der Waals surface area contributed by atoms with Gasteiger partial charge in [-0.25, -0.2) is 0 Å². The Morgan fingerprint density at radius 3 is 2.89 bits per heavy atom. The van der Waals surface area contributed by atoms with Crippen LogP contribution in [-0.2, 0) is 6.54 Å². The number of ether oxygens (including phenoxy) is 1. The third-order valence-electron chi connectivity index (χ3n) is 2.88. The Labute approximate surface area is 117 Å². The summed E-state index contributed by atoms with van der Waals surface area (Å²) in [6.45, 7) is 2.89. The lowest BCUT2D eigenvalue weighted by atomic mass is 10.1. The van der Waals surface area contributed by atoms with Crippen LogP contribution in [0.15, 0.2) is 35.0 Å². The van der Waals surface area contributed by atoms with Crippen molar-refractivity contribution < 1.29 is 4.74 Å². The van der Waals surface area contributed by atoms with Crippen LogP contribution in [0.3, 0.4) is 0 Å². The van der Waals surface area contributed by atoms with Gasteiger partial charge in [0.25, 0.3) is 0 Å². The van der Waals surface area contributed by atoms with E-state index in [0.717, 1.165) is 22.9 Å². The Balaban J connectivity index is 2.03. The molecule has 1 N–H and O–H groups in total. The summed E-state index contributed by atoms with van der Waals surface area (Å²) in [5.74, 6) is 0.865. The summed E-state index contributed by atoms with van der Waals surface area (Å²) in [5, 5.41) is 8.45. The number of halogens is 1. The summed E-state index contributed by atoms with van der Waals surface area (Å²) in [6, 6.07) is 8.13. The molecule has 2 aromatic rings. The lowest BCUT2D eigenvalue weighted by Gasteiger charge is -2.14. The van der Waals surface area contributed by atoms with Gasteiger partial charge in [-0.2, -0.15) is 11.3 Å². The highest BCUT2D eigenvalue weighted by Gasteiger charge is 2.08. The van der Waals surface area contributed by atoms with Crippen molar-refractivity contribution >= 4 is 22.9 Å². The number of hydrogen-bond donors (Lipinski definition) is 1. The Morgan fingerprint density at radius 1 is 1.39 bits per heavy atom. The van der Waals surface area contributed by atoms with Crippen LogP contribution in [0.25, 0.3) is 0 Å². The van der Waals surface area contributed by atoms with Crippen molar-refractivity contribution in [3.8, 4) is 5.75 Å². The lowest BCUT2D eigenvalue weighted by molar-refractivity contribution is 0.406. The molecule has 96 valence electrons. The third-order valence-corrected chi connectivity index (χ3v) is 3.82. The van der Waals surface area contributed by atoms with Crippen molar-refractivity contribution in [1.29, 1.82) is 0 Å². The third kappa shape index (κ3) is 3.25.